The number of nitrogens with zero attached hydrogens (tertiary/aromatic N) is 1. The summed E-state index contributed by atoms with van der Waals surface area (Å²) in [5.41, 5.74) is 3.28. The summed E-state index contributed by atoms with van der Waals surface area (Å²) in [4.78, 5) is 0. The largest absolute Gasteiger partial charge is 0.344 e. The minimum Gasteiger partial charge on any atom is -0.344 e. The number of hydrogen-bond donors (Lipinski definition) is 0. The second kappa shape index (κ2) is 3.38. The molecule has 0 radical (unpaired) electrons. The third kappa shape index (κ3) is 1.77. The van der Waals surface area contributed by atoms with Gasteiger partial charge >= 0.3 is 0 Å². The Morgan fingerprint density at radius 2 is 2.13 bits per heavy atom. The van der Waals surface area contributed by atoms with E-state index in [9.17, 15) is 0 Å². The van der Waals surface area contributed by atoms with Gasteiger partial charge in [-0.25, -0.2) is 0 Å². The van der Waals surface area contributed by atoms with Crippen molar-refractivity contribution in [3.8, 4) is 11.3 Å². The summed E-state index contributed by atoms with van der Waals surface area (Å²) in [6.45, 7) is 0. The van der Waals surface area contributed by atoms with Crippen LogP contribution >= 0.6 is 11.6 Å². The first kappa shape index (κ1) is 8.98. The van der Waals surface area contributed by atoms with Crippen molar-refractivity contribution < 1.29 is 4.52 Å². The third-order valence-corrected chi connectivity index (χ3v) is 2.89. The molecule has 2 aromatic rings. The van der Waals surface area contributed by atoms with Crippen molar-refractivity contribution in [2.24, 2.45) is 0 Å². The topological polar surface area (TPSA) is 26.0 Å². The van der Waals surface area contributed by atoms with Gasteiger partial charge in [0.1, 0.15) is 5.69 Å². The molecule has 0 atom stereocenters. The Bertz CT molecular complexity index is 488. The van der Waals surface area contributed by atoms with Crippen molar-refractivity contribution in [3.05, 3.63) is 41.1 Å². The van der Waals surface area contributed by atoms with E-state index in [-0.39, 0.29) is 0 Å². The van der Waals surface area contributed by atoms with Crippen LogP contribution in [0.2, 0.25) is 5.22 Å². The molecule has 0 amide bonds. The van der Waals surface area contributed by atoms with Gasteiger partial charge in [0.15, 0.2) is 0 Å². The van der Waals surface area contributed by atoms with E-state index in [1.54, 1.807) is 6.07 Å². The van der Waals surface area contributed by atoms with Crippen LogP contribution in [0.15, 0.2) is 34.9 Å². The first-order valence-corrected chi connectivity index (χ1v) is 5.43. The molecule has 0 spiro atoms. The fourth-order valence-electron chi connectivity index (χ4n) is 1.76. The number of rotatable bonds is 2. The standard InChI is InChI=1S/C12H10ClNO/c13-12-7-11(14-15-12)10-3-1-2-9(6-10)8-4-5-8/h1-3,6-8H,4-5H2. The molecule has 0 N–H and O–H groups in total. The summed E-state index contributed by atoms with van der Waals surface area (Å²) in [5.74, 6) is 0.757. The fraction of sp³-hybridized carbons (Fsp3) is 0.250. The number of halogens is 1. The van der Waals surface area contributed by atoms with Gasteiger partial charge < -0.3 is 4.52 Å². The summed E-state index contributed by atoms with van der Waals surface area (Å²) >= 11 is 5.70. The van der Waals surface area contributed by atoms with Crippen LogP contribution in [0, 0.1) is 0 Å². The highest BCUT2D eigenvalue weighted by Crippen LogP contribution is 2.41. The second-order valence-electron chi connectivity index (χ2n) is 3.92. The molecular formula is C12H10ClNO. The first-order valence-electron chi connectivity index (χ1n) is 5.05. The van der Waals surface area contributed by atoms with E-state index < -0.39 is 0 Å². The van der Waals surface area contributed by atoms with E-state index in [0.717, 1.165) is 17.2 Å². The highest BCUT2D eigenvalue weighted by molar-refractivity contribution is 6.29. The summed E-state index contributed by atoms with van der Waals surface area (Å²) in [5, 5.41) is 4.23. The lowest BCUT2D eigenvalue weighted by atomic mass is 10.1. The van der Waals surface area contributed by atoms with Gasteiger partial charge in [0.2, 0.25) is 5.22 Å². The Morgan fingerprint density at radius 1 is 1.27 bits per heavy atom. The highest BCUT2D eigenvalue weighted by Gasteiger charge is 2.23. The minimum absolute atomic E-state index is 0.335. The van der Waals surface area contributed by atoms with Crippen LogP contribution in [0.1, 0.15) is 24.3 Å². The lowest BCUT2D eigenvalue weighted by molar-refractivity contribution is 0.424. The molecule has 1 heterocycles. The van der Waals surface area contributed by atoms with Gasteiger partial charge in [-0.05, 0) is 42.0 Å². The maximum atomic E-state index is 5.70. The summed E-state index contributed by atoms with van der Waals surface area (Å²) < 4.78 is 4.85. The minimum atomic E-state index is 0.335. The molecule has 1 aromatic carbocycles. The van der Waals surface area contributed by atoms with E-state index in [0.29, 0.717) is 5.22 Å². The average Bonchev–Trinajstić information content (AvgIpc) is 3.02. The first-order chi connectivity index (χ1) is 7.33. The van der Waals surface area contributed by atoms with Crippen molar-refractivity contribution in [3.63, 3.8) is 0 Å². The zero-order valence-electron chi connectivity index (χ0n) is 8.11. The summed E-state index contributed by atoms with van der Waals surface area (Å²) in [6.07, 6.45) is 2.62. The lowest BCUT2D eigenvalue weighted by Gasteiger charge is -2.00. The predicted molar refractivity (Wildman–Crippen MR) is 58.9 cm³/mol. The van der Waals surface area contributed by atoms with Gasteiger partial charge in [-0.1, -0.05) is 23.4 Å². The van der Waals surface area contributed by atoms with Crippen LogP contribution < -0.4 is 0 Å². The van der Waals surface area contributed by atoms with Gasteiger partial charge in [0.25, 0.3) is 0 Å². The molecule has 0 aliphatic heterocycles. The van der Waals surface area contributed by atoms with E-state index >= 15 is 0 Å². The molecule has 0 saturated heterocycles. The van der Waals surface area contributed by atoms with E-state index in [2.05, 4.69) is 23.4 Å². The van der Waals surface area contributed by atoms with Gasteiger partial charge in [-0.15, -0.1) is 0 Å². The number of hydrogen-bond acceptors (Lipinski definition) is 2. The van der Waals surface area contributed by atoms with Crippen LogP contribution in [0.25, 0.3) is 11.3 Å². The zero-order chi connectivity index (χ0) is 10.3. The monoisotopic (exact) mass is 219 g/mol. The molecule has 1 aromatic heterocycles. The molecule has 2 nitrogen and oxygen atoms in total. The molecule has 1 aliphatic rings. The molecule has 3 heteroatoms. The molecule has 15 heavy (non-hydrogen) atoms. The molecular weight excluding hydrogens is 210 g/mol. The lowest BCUT2D eigenvalue weighted by Crippen LogP contribution is -1.81. The fourth-order valence-corrected chi connectivity index (χ4v) is 1.90. The molecule has 3 rings (SSSR count). The maximum absolute atomic E-state index is 5.70. The maximum Gasteiger partial charge on any atom is 0.226 e. The Labute approximate surface area is 92.8 Å². The van der Waals surface area contributed by atoms with Crippen molar-refractivity contribution in [1.29, 1.82) is 0 Å². The van der Waals surface area contributed by atoms with Crippen molar-refractivity contribution in [1.82, 2.24) is 5.16 Å². The molecule has 0 unspecified atom stereocenters. The van der Waals surface area contributed by atoms with Crippen LogP contribution in [-0.4, -0.2) is 5.16 Å². The Balaban J connectivity index is 2.00. The Hall–Kier alpha value is -1.28. The SMILES string of the molecule is Clc1cc(-c2cccc(C3CC3)c2)no1. The highest BCUT2D eigenvalue weighted by atomic mass is 35.5. The quantitative estimate of drug-likeness (QED) is 0.766. The smallest absolute Gasteiger partial charge is 0.226 e. The van der Waals surface area contributed by atoms with E-state index in [1.807, 2.05) is 6.07 Å². The van der Waals surface area contributed by atoms with Crippen molar-refractivity contribution >= 4 is 11.6 Å². The predicted octanol–water partition coefficient (Wildman–Crippen LogP) is 3.87. The van der Waals surface area contributed by atoms with Gasteiger partial charge in [0.05, 0.1) is 0 Å². The number of benzene rings is 1. The van der Waals surface area contributed by atoms with Crippen LogP contribution in [0.3, 0.4) is 0 Å². The zero-order valence-corrected chi connectivity index (χ0v) is 8.87. The number of aromatic nitrogens is 1. The van der Waals surface area contributed by atoms with Gasteiger partial charge in [0, 0.05) is 11.6 Å². The third-order valence-electron chi connectivity index (χ3n) is 2.71. The Kier molecular flexibility index (Phi) is 2.03. The molecule has 76 valence electrons. The van der Waals surface area contributed by atoms with Crippen molar-refractivity contribution in [2.45, 2.75) is 18.8 Å². The molecule has 1 saturated carbocycles. The van der Waals surface area contributed by atoms with Gasteiger partial charge in [-0.3, -0.25) is 0 Å². The second-order valence-corrected chi connectivity index (χ2v) is 4.29. The van der Waals surface area contributed by atoms with Crippen LogP contribution in [-0.2, 0) is 0 Å². The average molecular weight is 220 g/mol. The molecule has 0 bridgehead atoms. The molecule has 1 fully saturated rings. The van der Waals surface area contributed by atoms with E-state index in [1.165, 1.54) is 18.4 Å². The molecule has 1 aliphatic carbocycles. The van der Waals surface area contributed by atoms with E-state index in [4.69, 9.17) is 16.1 Å². The Morgan fingerprint density at radius 3 is 2.80 bits per heavy atom. The van der Waals surface area contributed by atoms with Crippen LogP contribution in [0.5, 0.6) is 0 Å². The summed E-state index contributed by atoms with van der Waals surface area (Å²) in [6, 6.07) is 10.2. The van der Waals surface area contributed by atoms with Crippen molar-refractivity contribution in [2.75, 3.05) is 0 Å². The summed E-state index contributed by atoms with van der Waals surface area (Å²) in [7, 11) is 0. The normalized spacial score (nSPS) is 15.5. The van der Waals surface area contributed by atoms with Crippen LogP contribution in [0.4, 0.5) is 0 Å². The van der Waals surface area contributed by atoms with Gasteiger partial charge in [-0.2, -0.15) is 0 Å².